The van der Waals surface area contributed by atoms with E-state index in [1.165, 1.54) is 16.7 Å². The van der Waals surface area contributed by atoms with Gasteiger partial charge in [-0.2, -0.15) is 14.4 Å². The van der Waals surface area contributed by atoms with Crippen LogP contribution in [0.5, 0.6) is 0 Å². The number of nitrogens with zero attached hydrogens (tertiary/aromatic N) is 6. The van der Waals surface area contributed by atoms with Gasteiger partial charge in [-0.3, -0.25) is 0 Å². The van der Waals surface area contributed by atoms with E-state index in [1.54, 1.807) is 0 Å². The fraction of sp³-hybridized carbons (Fsp3) is 0.261. The Bertz CT molecular complexity index is 3590. The van der Waals surface area contributed by atoms with Gasteiger partial charge in [0.25, 0.3) is 0 Å². The minimum absolute atomic E-state index is 0.0454. The molecule has 12 heteroatoms. The summed E-state index contributed by atoms with van der Waals surface area (Å²) in [6.07, 6.45) is 0. The Balaban J connectivity index is 1.31. The molecule has 6 nitrogen and oxygen atoms in total. The monoisotopic (exact) mass is 1450 g/mol. The van der Waals surface area contributed by atoms with Crippen molar-refractivity contribution in [3.8, 4) is 35.5 Å². The third-order valence-corrected chi connectivity index (χ3v) is 17.8. The molecule has 0 aliphatic heterocycles. The van der Waals surface area contributed by atoms with Gasteiger partial charge >= 0.3 is 17.1 Å². The molecule has 0 spiro atoms. The topological polar surface area (TPSA) is 109 Å². The van der Waals surface area contributed by atoms with Crippen LogP contribution in [0.4, 0.5) is 0 Å². The number of aryl methyl sites for hydroxylation is 6. The van der Waals surface area contributed by atoms with Crippen LogP contribution in [0.15, 0.2) is 118 Å². The fourth-order valence-corrected chi connectivity index (χ4v) is 14.6. The lowest BCUT2D eigenvalue weighted by Gasteiger charge is -2.21. The lowest BCUT2D eigenvalue weighted by Crippen LogP contribution is -2.16. The van der Waals surface area contributed by atoms with Gasteiger partial charge in [-0.25, -0.2) is 0 Å². The van der Waals surface area contributed by atoms with Crippen molar-refractivity contribution in [1.29, 1.82) is 0 Å². The average molecular weight is 1450 g/mol. The van der Waals surface area contributed by atoms with Gasteiger partial charge < -0.3 is 16.6 Å². The summed E-state index contributed by atoms with van der Waals surface area (Å²) in [6.45, 7) is 31.9. The standard InChI is InChI=1S/C69H60Br6N6/c1-37-22-49(67(7,8)9)23-38(2)58(37)64(79-76)61-52(70)31-46(32-53(61)71)19-16-43-28-44(17-20-47-33-54(72)62(55(73)34-47)65(80-77)59-39(3)24-50(25-40(59)4)68(10,11)12)30-45(29-43)18-21-48-35-56(74)63(57(75)36-48)66(81-78)60-41(5)26-51(27-42(60)6)69(13,14)15/h22-36H,1-15H3. The molecule has 7 rings (SSSR count). The van der Waals surface area contributed by atoms with Crippen LogP contribution in [-0.4, -0.2) is 31.5 Å². The number of hydrogen-bond acceptors (Lipinski definition) is 0. The molecule has 7 aromatic rings. The van der Waals surface area contributed by atoms with Gasteiger partial charge in [0.15, 0.2) is 0 Å². The molecule has 0 aromatic heterocycles. The van der Waals surface area contributed by atoms with Crippen LogP contribution in [0.2, 0.25) is 0 Å². The van der Waals surface area contributed by atoms with E-state index >= 15 is 0 Å². The third-order valence-electron chi connectivity index (χ3n) is 14.0. The molecule has 0 radical (unpaired) electrons. The predicted octanol–water partition coefficient (Wildman–Crippen LogP) is 19.4. The Morgan fingerprint density at radius 1 is 0.284 bits per heavy atom. The summed E-state index contributed by atoms with van der Waals surface area (Å²) in [5.41, 5.74) is 51.3. The van der Waals surface area contributed by atoms with Crippen LogP contribution in [0.25, 0.3) is 16.6 Å². The molecule has 0 N–H and O–H groups in total. The fourth-order valence-electron chi connectivity index (χ4n) is 9.88. The molecule has 7 aromatic carbocycles. The van der Waals surface area contributed by atoms with Crippen molar-refractivity contribution in [3.63, 3.8) is 0 Å². The third kappa shape index (κ3) is 14.2. The maximum Gasteiger partial charge on any atom is 0.332 e. The van der Waals surface area contributed by atoms with Crippen molar-refractivity contribution in [2.75, 3.05) is 0 Å². The van der Waals surface area contributed by atoms with Crippen molar-refractivity contribution >= 4 is 113 Å². The Morgan fingerprint density at radius 3 is 0.593 bits per heavy atom. The summed E-state index contributed by atoms with van der Waals surface area (Å²) in [7, 11) is 0. The van der Waals surface area contributed by atoms with Crippen LogP contribution in [0.1, 0.15) is 179 Å². The Morgan fingerprint density at radius 2 is 0.444 bits per heavy atom. The summed E-state index contributed by atoms with van der Waals surface area (Å²) in [5.74, 6) is 20.2. The van der Waals surface area contributed by atoms with Gasteiger partial charge in [0.1, 0.15) is 0 Å². The number of rotatable bonds is 6. The van der Waals surface area contributed by atoms with Gasteiger partial charge in [-0.05, 0) is 258 Å². The van der Waals surface area contributed by atoms with E-state index in [0.717, 1.165) is 50.1 Å². The normalized spacial score (nSPS) is 11.2. The summed E-state index contributed by atoms with van der Waals surface area (Å²) >= 11 is 22.8. The maximum atomic E-state index is 10.5. The van der Waals surface area contributed by atoms with E-state index < -0.39 is 0 Å². The van der Waals surface area contributed by atoms with E-state index in [2.05, 4.69) is 244 Å². The molecule has 0 aliphatic rings. The quantitative estimate of drug-likeness (QED) is 0.0684. The van der Waals surface area contributed by atoms with E-state index in [1.807, 2.05) is 96.1 Å². The summed E-state index contributed by atoms with van der Waals surface area (Å²) in [4.78, 5) is 11.5. The molecule has 0 bridgehead atoms. The highest BCUT2D eigenvalue weighted by Gasteiger charge is 2.31. The van der Waals surface area contributed by atoms with E-state index in [0.29, 0.717) is 94.0 Å². The summed E-state index contributed by atoms with van der Waals surface area (Å²) < 4.78 is 4.21. The van der Waals surface area contributed by atoms with Crippen molar-refractivity contribution < 1.29 is 14.4 Å². The van der Waals surface area contributed by atoms with E-state index in [-0.39, 0.29) is 16.2 Å². The van der Waals surface area contributed by atoms with Crippen LogP contribution < -0.4 is 0 Å². The zero-order valence-electron chi connectivity index (χ0n) is 48.1. The molecule has 0 heterocycles. The molecule has 0 atom stereocenters. The van der Waals surface area contributed by atoms with Gasteiger partial charge in [-0.1, -0.05) is 134 Å². The zero-order chi connectivity index (χ0) is 59.8. The van der Waals surface area contributed by atoms with Gasteiger partial charge in [0.05, 0.1) is 33.4 Å². The first-order chi connectivity index (χ1) is 37.8. The van der Waals surface area contributed by atoms with Crippen molar-refractivity contribution in [2.24, 2.45) is 0 Å². The van der Waals surface area contributed by atoms with Crippen LogP contribution in [0.3, 0.4) is 0 Å². The minimum Gasteiger partial charge on any atom is -0.361 e. The zero-order valence-corrected chi connectivity index (χ0v) is 57.6. The highest BCUT2D eigenvalue weighted by molar-refractivity contribution is 9.11. The first-order valence-electron chi connectivity index (χ1n) is 26.1. The molecule has 81 heavy (non-hydrogen) atoms. The molecular formula is C69H60Br6N6. The summed E-state index contributed by atoms with van der Waals surface area (Å²) in [6, 6.07) is 30.3. The Labute approximate surface area is 529 Å². The smallest absolute Gasteiger partial charge is 0.332 e. The van der Waals surface area contributed by atoms with E-state index in [4.69, 9.17) is 0 Å². The Hall–Kier alpha value is -5.76. The number of benzene rings is 7. The molecule has 0 aliphatic carbocycles. The molecular weight excluding hydrogens is 1390 g/mol. The molecule has 0 amide bonds. The highest BCUT2D eigenvalue weighted by Crippen LogP contribution is 2.37. The lowest BCUT2D eigenvalue weighted by atomic mass is 9.82. The van der Waals surface area contributed by atoms with Crippen molar-refractivity contribution in [1.82, 2.24) is 0 Å². The second-order valence-corrected chi connectivity index (χ2v) is 28.7. The predicted molar refractivity (Wildman–Crippen MR) is 354 cm³/mol. The number of halogens is 6. The number of hydrogen-bond donors (Lipinski definition) is 0. The first-order valence-corrected chi connectivity index (χ1v) is 30.8. The van der Waals surface area contributed by atoms with Gasteiger partial charge in [-0.15, -0.1) is 0 Å². The lowest BCUT2D eigenvalue weighted by molar-refractivity contribution is -0.00343. The highest BCUT2D eigenvalue weighted by atomic mass is 79.9. The molecule has 408 valence electrons. The first kappa shape index (κ1) is 62.8. The molecule has 0 saturated carbocycles. The second kappa shape index (κ2) is 25.0. The largest absolute Gasteiger partial charge is 0.361 e. The van der Waals surface area contributed by atoms with Crippen LogP contribution in [-0.2, 0) is 16.2 Å². The Kier molecular flexibility index (Phi) is 19.4. The summed E-state index contributed by atoms with van der Waals surface area (Å²) in [5, 5.41) is 0. The average Bonchev–Trinajstić information content (AvgIpc) is 3.35. The van der Waals surface area contributed by atoms with E-state index in [9.17, 15) is 16.6 Å². The maximum absolute atomic E-state index is 10.5. The van der Waals surface area contributed by atoms with Crippen LogP contribution >= 0.6 is 95.6 Å². The second-order valence-electron chi connectivity index (χ2n) is 23.5. The molecule has 0 fully saturated rings. The minimum atomic E-state index is -0.0454. The van der Waals surface area contributed by atoms with Gasteiger partial charge in [0.2, 0.25) is 0 Å². The molecule has 0 saturated heterocycles. The van der Waals surface area contributed by atoms with Gasteiger partial charge in [0, 0.05) is 60.2 Å². The van der Waals surface area contributed by atoms with Crippen molar-refractivity contribution in [3.05, 3.63) is 251 Å². The molecule has 0 unspecified atom stereocenters. The van der Waals surface area contributed by atoms with Crippen molar-refractivity contribution in [2.45, 2.75) is 120 Å². The van der Waals surface area contributed by atoms with Crippen LogP contribution in [0, 0.1) is 77.1 Å². The SMILES string of the molecule is Cc1cc(C(C)(C)C)cc(C)c1C(=[N+]=[N-])c1c(Br)cc(C#Cc2cc(C#Cc3cc(Br)c(C(=[N+]=[N-])c4c(C)cc(C(C)(C)C)cc4C)c(Br)c3)cc(C#Cc3cc(Br)c(C(=[N+]=[N-])c4c(C)cc(C(C)(C)C)cc4C)c(Br)c3)c2)cc1Br.